The van der Waals surface area contributed by atoms with Crippen LogP contribution in [-0.2, 0) is 4.79 Å². The molecule has 0 bridgehead atoms. The number of hydrazine groups is 1. The predicted octanol–water partition coefficient (Wildman–Crippen LogP) is 3.22. The quantitative estimate of drug-likeness (QED) is 0.830. The molecule has 0 aromatic heterocycles. The smallest absolute Gasteiger partial charge is 0.279 e. The molecule has 2 amide bonds. The fourth-order valence-corrected chi connectivity index (χ4v) is 2.15. The van der Waals surface area contributed by atoms with E-state index in [1.807, 2.05) is 0 Å². The molecule has 0 aliphatic heterocycles. The lowest BCUT2D eigenvalue weighted by molar-refractivity contribution is -0.128. The van der Waals surface area contributed by atoms with Gasteiger partial charge in [-0.05, 0) is 37.3 Å². The van der Waals surface area contributed by atoms with Gasteiger partial charge in [-0.15, -0.1) is 0 Å². The molecule has 0 saturated heterocycles. The summed E-state index contributed by atoms with van der Waals surface area (Å²) in [5, 5.41) is 0.764. The highest BCUT2D eigenvalue weighted by molar-refractivity contribution is 6.35. The van der Waals surface area contributed by atoms with Crippen molar-refractivity contribution < 1.29 is 14.3 Å². The van der Waals surface area contributed by atoms with E-state index in [9.17, 15) is 9.59 Å². The van der Waals surface area contributed by atoms with Gasteiger partial charge >= 0.3 is 0 Å². The van der Waals surface area contributed by atoms with Gasteiger partial charge in [0.2, 0.25) is 0 Å². The van der Waals surface area contributed by atoms with Gasteiger partial charge < -0.3 is 4.74 Å². The Kier molecular flexibility index (Phi) is 5.84. The Bertz CT molecular complexity index is 708. The fraction of sp³-hybridized carbons (Fsp3) is 0.125. The first-order chi connectivity index (χ1) is 11.0. The van der Waals surface area contributed by atoms with Crippen molar-refractivity contribution in [2.24, 2.45) is 0 Å². The summed E-state index contributed by atoms with van der Waals surface area (Å²) >= 11 is 11.8. The second-order valence-electron chi connectivity index (χ2n) is 4.64. The Morgan fingerprint density at radius 1 is 1.04 bits per heavy atom. The normalized spacial score (nSPS) is 11.4. The summed E-state index contributed by atoms with van der Waals surface area (Å²) in [6.07, 6.45) is -0.857. The van der Waals surface area contributed by atoms with Crippen LogP contribution in [0.3, 0.4) is 0 Å². The van der Waals surface area contributed by atoms with Gasteiger partial charge in [-0.25, -0.2) is 0 Å². The van der Waals surface area contributed by atoms with E-state index in [-0.39, 0.29) is 0 Å². The number of ether oxygens (including phenoxy) is 1. The molecule has 2 N–H and O–H groups in total. The van der Waals surface area contributed by atoms with Crippen LogP contribution >= 0.6 is 23.2 Å². The fourth-order valence-electron chi connectivity index (χ4n) is 1.70. The highest BCUT2D eigenvalue weighted by Gasteiger charge is 2.17. The van der Waals surface area contributed by atoms with E-state index in [1.54, 1.807) is 42.5 Å². The Morgan fingerprint density at radius 2 is 1.74 bits per heavy atom. The molecule has 1 atom stereocenters. The molecule has 2 aromatic carbocycles. The van der Waals surface area contributed by atoms with Gasteiger partial charge in [-0.2, -0.15) is 0 Å². The van der Waals surface area contributed by atoms with E-state index in [4.69, 9.17) is 27.9 Å². The minimum atomic E-state index is -0.857. The zero-order valence-corrected chi connectivity index (χ0v) is 13.7. The highest BCUT2D eigenvalue weighted by Crippen LogP contribution is 2.28. The van der Waals surface area contributed by atoms with Gasteiger partial charge in [0.05, 0.1) is 5.02 Å². The average Bonchev–Trinajstić information content (AvgIpc) is 2.55. The standard InChI is InChI=1S/C16H14Cl2N2O3/c1-10(23-14-8-7-12(17)9-13(14)18)15(21)19-20-16(22)11-5-3-2-4-6-11/h2-10H,1H3,(H,19,21)(H,20,22)/t10-/m1/s1. The van der Waals surface area contributed by atoms with Crippen molar-refractivity contribution in [2.75, 3.05) is 0 Å². The molecule has 0 heterocycles. The molecule has 2 rings (SSSR count). The number of benzene rings is 2. The van der Waals surface area contributed by atoms with Crippen molar-refractivity contribution >= 4 is 35.0 Å². The van der Waals surface area contributed by atoms with Gasteiger partial charge in [-0.3, -0.25) is 20.4 Å². The lowest BCUT2D eigenvalue weighted by atomic mass is 10.2. The van der Waals surface area contributed by atoms with E-state index in [0.717, 1.165) is 0 Å². The number of carbonyl (C=O) groups is 2. The summed E-state index contributed by atoms with van der Waals surface area (Å²) in [5.74, 6) is -0.607. The molecule has 0 radical (unpaired) electrons. The molecular formula is C16H14Cl2N2O3. The average molecular weight is 353 g/mol. The molecule has 23 heavy (non-hydrogen) atoms. The van der Waals surface area contributed by atoms with Gasteiger partial charge in [0.15, 0.2) is 6.10 Å². The topological polar surface area (TPSA) is 67.4 Å². The monoisotopic (exact) mass is 352 g/mol. The Balaban J connectivity index is 1.89. The molecule has 0 aliphatic carbocycles. The lowest BCUT2D eigenvalue weighted by Gasteiger charge is -2.16. The van der Waals surface area contributed by atoms with E-state index in [1.165, 1.54) is 13.0 Å². The molecular weight excluding hydrogens is 339 g/mol. The van der Waals surface area contributed by atoms with E-state index >= 15 is 0 Å². The third-order valence-electron chi connectivity index (χ3n) is 2.90. The predicted molar refractivity (Wildman–Crippen MR) is 88.6 cm³/mol. The third-order valence-corrected chi connectivity index (χ3v) is 3.43. The van der Waals surface area contributed by atoms with Crippen LogP contribution in [-0.4, -0.2) is 17.9 Å². The minimum Gasteiger partial charge on any atom is -0.479 e. The Labute approximate surface area is 143 Å². The molecule has 0 spiro atoms. The molecule has 0 fully saturated rings. The molecule has 2 aromatic rings. The summed E-state index contributed by atoms with van der Waals surface area (Å²) in [6, 6.07) is 13.2. The van der Waals surface area contributed by atoms with Crippen molar-refractivity contribution in [3.63, 3.8) is 0 Å². The molecule has 5 nitrogen and oxygen atoms in total. The highest BCUT2D eigenvalue weighted by atomic mass is 35.5. The van der Waals surface area contributed by atoms with Crippen molar-refractivity contribution in [1.29, 1.82) is 0 Å². The first kappa shape index (κ1) is 17.1. The van der Waals surface area contributed by atoms with Crippen LogP contribution in [0.4, 0.5) is 0 Å². The summed E-state index contributed by atoms with van der Waals surface area (Å²) in [4.78, 5) is 23.8. The summed E-state index contributed by atoms with van der Waals surface area (Å²) in [7, 11) is 0. The summed E-state index contributed by atoms with van der Waals surface area (Å²) < 4.78 is 5.45. The number of rotatable bonds is 4. The zero-order valence-electron chi connectivity index (χ0n) is 12.2. The number of hydrogen-bond donors (Lipinski definition) is 2. The lowest BCUT2D eigenvalue weighted by Crippen LogP contribution is -2.47. The van der Waals surface area contributed by atoms with Crippen molar-refractivity contribution in [3.05, 3.63) is 64.1 Å². The maximum absolute atomic E-state index is 11.9. The van der Waals surface area contributed by atoms with Gasteiger partial charge in [0, 0.05) is 10.6 Å². The Morgan fingerprint density at radius 3 is 2.39 bits per heavy atom. The number of hydrogen-bond acceptors (Lipinski definition) is 3. The van der Waals surface area contributed by atoms with E-state index < -0.39 is 17.9 Å². The zero-order chi connectivity index (χ0) is 16.8. The van der Waals surface area contributed by atoms with Gasteiger partial charge in [0.1, 0.15) is 5.75 Å². The molecule has 7 heteroatoms. The van der Waals surface area contributed by atoms with E-state index in [0.29, 0.717) is 21.4 Å². The maximum Gasteiger partial charge on any atom is 0.279 e. The summed E-state index contributed by atoms with van der Waals surface area (Å²) in [5.41, 5.74) is 5.05. The number of carbonyl (C=O) groups excluding carboxylic acids is 2. The van der Waals surface area contributed by atoms with Gasteiger partial charge in [0.25, 0.3) is 11.8 Å². The number of nitrogens with one attached hydrogen (secondary N) is 2. The third kappa shape index (κ3) is 4.87. The summed E-state index contributed by atoms with van der Waals surface area (Å²) in [6.45, 7) is 1.54. The number of amides is 2. The van der Waals surface area contributed by atoms with Crippen LogP contribution in [0.15, 0.2) is 48.5 Å². The van der Waals surface area contributed by atoms with Crippen LogP contribution in [0, 0.1) is 0 Å². The van der Waals surface area contributed by atoms with Gasteiger partial charge in [-0.1, -0.05) is 41.4 Å². The second kappa shape index (κ2) is 7.85. The minimum absolute atomic E-state index is 0.297. The van der Waals surface area contributed by atoms with Crippen LogP contribution in [0.5, 0.6) is 5.75 Å². The van der Waals surface area contributed by atoms with E-state index in [2.05, 4.69) is 10.9 Å². The number of halogens is 2. The first-order valence-corrected chi connectivity index (χ1v) is 7.50. The van der Waals surface area contributed by atoms with Crippen LogP contribution in [0.25, 0.3) is 0 Å². The van der Waals surface area contributed by atoms with Crippen LogP contribution in [0.1, 0.15) is 17.3 Å². The van der Waals surface area contributed by atoms with Crippen LogP contribution in [0.2, 0.25) is 10.0 Å². The largest absolute Gasteiger partial charge is 0.479 e. The van der Waals surface area contributed by atoms with Crippen LogP contribution < -0.4 is 15.6 Å². The molecule has 120 valence electrons. The second-order valence-corrected chi connectivity index (χ2v) is 5.49. The van der Waals surface area contributed by atoms with Crippen molar-refractivity contribution in [2.45, 2.75) is 13.0 Å². The molecule has 0 aliphatic rings. The Hall–Kier alpha value is -2.24. The molecule has 0 saturated carbocycles. The van der Waals surface area contributed by atoms with Crippen molar-refractivity contribution in [1.82, 2.24) is 10.9 Å². The maximum atomic E-state index is 11.9. The SMILES string of the molecule is C[C@@H](Oc1ccc(Cl)cc1Cl)C(=O)NNC(=O)c1ccccc1. The first-order valence-electron chi connectivity index (χ1n) is 6.74. The molecule has 0 unspecified atom stereocenters. The van der Waals surface area contributed by atoms with Crippen molar-refractivity contribution in [3.8, 4) is 5.75 Å².